The molecule has 1 aliphatic rings. The molecule has 2 nitrogen and oxygen atoms in total. The minimum atomic E-state index is 0.542. The maximum atomic E-state index is 5.77. The van der Waals surface area contributed by atoms with Crippen molar-refractivity contribution in [2.75, 3.05) is 19.6 Å². The van der Waals surface area contributed by atoms with Crippen molar-refractivity contribution in [2.24, 2.45) is 5.92 Å². The molecule has 1 fully saturated rings. The molecule has 102 valence electrons. The highest BCUT2D eigenvalue weighted by Gasteiger charge is 2.23. The molecule has 0 atom stereocenters. The van der Waals surface area contributed by atoms with Crippen LogP contribution in [0.15, 0.2) is 5.38 Å². The first-order valence-corrected chi connectivity index (χ1v) is 8.44. The van der Waals surface area contributed by atoms with E-state index in [2.05, 4.69) is 22.2 Å². The van der Waals surface area contributed by atoms with Gasteiger partial charge in [0.1, 0.15) is 0 Å². The quantitative estimate of drug-likeness (QED) is 0.639. The fourth-order valence-electron chi connectivity index (χ4n) is 2.26. The van der Waals surface area contributed by atoms with E-state index in [9.17, 15) is 0 Å². The Labute approximate surface area is 119 Å². The van der Waals surface area contributed by atoms with Crippen LogP contribution in [0, 0.1) is 5.92 Å². The van der Waals surface area contributed by atoms with Crippen LogP contribution in [0.3, 0.4) is 0 Å². The Bertz CT molecular complexity index is 349. The topological polar surface area (TPSA) is 16.1 Å². The van der Waals surface area contributed by atoms with Gasteiger partial charge in [-0.1, -0.05) is 6.92 Å². The predicted molar refractivity (Wildman–Crippen MR) is 79.4 cm³/mol. The third-order valence-electron chi connectivity index (χ3n) is 3.35. The molecule has 0 N–H and O–H groups in total. The van der Waals surface area contributed by atoms with Crippen molar-refractivity contribution >= 4 is 22.9 Å². The van der Waals surface area contributed by atoms with Gasteiger partial charge in [-0.05, 0) is 44.7 Å². The Morgan fingerprint density at radius 1 is 1.44 bits per heavy atom. The van der Waals surface area contributed by atoms with Crippen LogP contribution < -0.4 is 0 Å². The number of nitrogens with zero attached hydrogens (tertiary/aromatic N) is 2. The smallest absolute Gasteiger partial charge is 0.0929 e. The van der Waals surface area contributed by atoms with Crippen molar-refractivity contribution in [2.45, 2.75) is 44.9 Å². The number of hydrogen-bond acceptors (Lipinski definition) is 3. The van der Waals surface area contributed by atoms with E-state index in [0.717, 1.165) is 18.0 Å². The number of alkyl halides is 1. The van der Waals surface area contributed by atoms with Crippen molar-refractivity contribution in [3.05, 3.63) is 16.1 Å². The fourth-order valence-corrected chi connectivity index (χ4v) is 3.32. The number of rotatable bonds is 9. The average Bonchev–Trinajstić information content (AvgIpc) is 3.06. The van der Waals surface area contributed by atoms with Crippen LogP contribution in [-0.2, 0) is 12.3 Å². The Kier molecular flexibility index (Phi) is 5.93. The summed E-state index contributed by atoms with van der Waals surface area (Å²) in [5, 5.41) is 3.32. The summed E-state index contributed by atoms with van der Waals surface area (Å²) >= 11 is 7.52. The molecule has 1 saturated carbocycles. The summed E-state index contributed by atoms with van der Waals surface area (Å²) in [6.45, 7) is 6.06. The van der Waals surface area contributed by atoms with Gasteiger partial charge in [-0.25, -0.2) is 4.98 Å². The van der Waals surface area contributed by atoms with Crippen molar-refractivity contribution in [3.63, 3.8) is 0 Å². The lowest BCUT2D eigenvalue weighted by Crippen LogP contribution is -2.28. The van der Waals surface area contributed by atoms with Crippen molar-refractivity contribution in [3.8, 4) is 0 Å². The predicted octanol–water partition coefficient (Wildman–Crippen LogP) is 3.94. The zero-order valence-electron chi connectivity index (χ0n) is 11.2. The number of thiazole rings is 1. The summed E-state index contributed by atoms with van der Waals surface area (Å²) in [5.74, 6) is 1.54. The molecular formula is C14H23ClN2S. The normalized spacial score (nSPS) is 15.5. The van der Waals surface area contributed by atoms with E-state index in [1.807, 2.05) is 0 Å². The van der Waals surface area contributed by atoms with Gasteiger partial charge >= 0.3 is 0 Å². The third-order valence-corrected chi connectivity index (χ3v) is 4.59. The number of aryl methyl sites for hydroxylation is 1. The SMILES string of the molecule is CCCN(CCCc1nc(CCl)cs1)CC1CC1. The van der Waals surface area contributed by atoms with Gasteiger partial charge in [0.2, 0.25) is 0 Å². The molecule has 0 radical (unpaired) electrons. The molecule has 2 rings (SSSR count). The molecule has 1 aromatic heterocycles. The van der Waals surface area contributed by atoms with Crippen molar-refractivity contribution in [1.29, 1.82) is 0 Å². The van der Waals surface area contributed by atoms with Crippen LogP contribution in [0.4, 0.5) is 0 Å². The highest BCUT2D eigenvalue weighted by molar-refractivity contribution is 7.09. The van der Waals surface area contributed by atoms with Crippen LogP contribution >= 0.6 is 22.9 Å². The van der Waals surface area contributed by atoms with Gasteiger partial charge in [-0.2, -0.15) is 0 Å². The van der Waals surface area contributed by atoms with Gasteiger partial charge in [0.25, 0.3) is 0 Å². The molecule has 4 heteroatoms. The van der Waals surface area contributed by atoms with Gasteiger partial charge in [0, 0.05) is 18.3 Å². The Morgan fingerprint density at radius 2 is 2.28 bits per heavy atom. The first-order chi connectivity index (χ1) is 8.81. The summed E-state index contributed by atoms with van der Waals surface area (Å²) in [6, 6.07) is 0. The zero-order valence-corrected chi connectivity index (χ0v) is 12.8. The first-order valence-electron chi connectivity index (χ1n) is 7.03. The van der Waals surface area contributed by atoms with E-state index < -0.39 is 0 Å². The van der Waals surface area contributed by atoms with Crippen LogP contribution in [0.5, 0.6) is 0 Å². The molecule has 0 saturated heterocycles. The van der Waals surface area contributed by atoms with E-state index >= 15 is 0 Å². The standard InChI is InChI=1S/C14H23ClN2S/c1-2-7-17(10-12-5-6-12)8-3-4-14-16-13(9-15)11-18-14/h11-12H,2-10H2,1H3. The molecule has 1 heterocycles. The summed E-state index contributed by atoms with van der Waals surface area (Å²) in [5.41, 5.74) is 1.03. The van der Waals surface area contributed by atoms with E-state index in [0.29, 0.717) is 5.88 Å². The lowest BCUT2D eigenvalue weighted by molar-refractivity contribution is 0.260. The molecule has 0 aliphatic heterocycles. The first kappa shape index (κ1) is 14.3. The molecule has 0 unspecified atom stereocenters. The summed E-state index contributed by atoms with van der Waals surface area (Å²) in [6.07, 6.45) is 6.49. The maximum absolute atomic E-state index is 5.77. The van der Waals surface area contributed by atoms with Crippen molar-refractivity contribution < 1.29 is 0 Å². The molecule has 1 aliphatic carbocycles. The van der Waals surface area contributed by atoms with E-state index in [-0.39, 0.29) is 0 Å². The molecule has 0 aromatic carbocycles. The van der Waals surface area contributed by atoms with Gasteiger partial charge in [-0.15, -0.1) is 22.9 Å². The van der Waals surface area contributed by atoms with Crippen LogP contribution in [-0.4, -0.2) is 29.5 Å². The molecule has 0 spiro atoms. The van der Waals surface area contributed by atoms with Gasteiger partial charge in [0.15, 0.2) is 0 Å². The molecule has 0 bridgehead atoms. The van der Waals surface area contributed by atoms with Gasteiger partial charge in [0.05, 0.1) is 16.6 Å². The summed E-state index contributed by atoms with van der Waals surface area (Å²) in [4.78, 5) is 7.15. The monoisotopic (exact) mass is 286 g/mol. The summed E-state index contributed by atoms with van der Waals surface area (Å²) < 4.78 is 0. The minimum Gasteiger partial charge on any atom is -0.303 e. The molecule has 18 heavy (non-hydrogen) atoms. The fraction of sp³-hybridized carbons (Fsp3) is 0.786. The zero-order chi connectivity index (χ0) is 12.8. The van der Waals surface area contributed by atoms with Crippen LogP contribution in [0.25, 0.3) is 0 Å². The molecular weight excluding hydrogens is 264 g/mol. The summed E-state index contributed by atoms with van der Waals surface area (Å²) in [7, 11) is 0. The van der Waals surface area contributed by atoms with Crippen LogP contribution in [0.2, 0.25) is 0 Å². The highest BCUT2D eigenvalue weighted by Crippen LogP contribution is 2.29. The maximum Gasteiger partial charge on any atom is 0.0929 e. The Morgan fingerprint density at radius 3 is 2.89 bits per heavy atom. The minimum absolute atomic E-state index is 0.542. The van der Waals surface area contributed by atoms with E-state index in [1.165, 1.54) is 50.3 Å². The second-order valence-corrected chi connectivity index (χ2v) is 6.42. The highest BCUT2D eigenvalue weighted by atomic mass is 35.5. The van der Waals surface area contributed by atoms with Crippen molar-refractivity contribution in [1.82, 2.24) is 9.88 Å². The average molecular weight is 287 g/mol. The molecule has 0 amide bonds. The number of halogens is 1. The number of hydrogen-bond donors (Lipinski definition) is 0. The second-order valence-electron chi connectivity index (χ2n) is 5.21. The van der Waals surface area contributed by atoms with E-state index in [1.54, 1.807) is 11.3 Å². The Balaban J connectivity index is 1.68. The van der Waals surface area contributed by atoms with E-state index in [4.69, 9.17) is 11.6 Å². The largest absolute Gasteiger partial charge is 0.303 e. The lowest BCUT2D eigenvalue weighted by Gasteiger charge is -2.21. The Hall–Kier alpha value is -0.120. The van der Waals surface area contributed by atoms with Crippen LogP contribution in [0.1, 0.15) is 43.3 Å². The third kappa shape index (κ3) is 4.87. The molecule has 1 aromatic rings. The van der Waals surface area contributed by atoms with Gasteiger partial charge in [-0.3, -0.25) is 0 Å². The lowest BCUT2D eigenvalue weighted by atomic mass is 10.2. The number of aromatic nitrogens is 1. The van der Waals surface area contributed by atoms with Gasteiger partial charge < -0.3 is 4.90 Å². The second kappa shape index (κ2) is 7.46.